The number of benzene rings is 2. The zero-order valence-corrected chi connectivity index (χ0v) is 15.9. The molecule has 1 saturated heterocycles. The Kier molecular flexibility index (Phi) is 4.31. The molecular formula is C24H22N2O3. The zero-order valence-electron chi connectivity index (χ0n) is 15.9. The molecule has 2 bridgehead atoms. The lowest BCUT2D eigenvalue weighted by Crippen LogP contribution is -2.49. The number of hydrogen-bond acceptors (Lipinski definition) is 3. The highest BCUT2D eigenvalue weighted by atomic mass is 16.2. The molecule has 2 aliphatic carbocycles. The lowest BCUT2D eigenvalue weighted by Gasteiger charge is -2.27. The summed E-state index contributed by atoms with van der Waals surface area (Å²) in [6, 6.07) is 17.8. The van der Waals surface area contributed by atoms with E-state index in [0.29, 0.717) is 12.1 Å². The van der Waals surface area contributed by atoms with Crippen LogP contribution in [0.15, 0.2) is 72.8 Å². The van der Waals surface area contributed by atoms with Crippen molar-refractivity contribution < 1.29 is 14.4 Å². The number of rotatable bonds is 5. The zero-order chi connectivity index (χ0) is 20.0. The number of carbonyl (C=O) groups excluding carboxylic acids is 3. The van der Waals surface area contributed by atoms with Gasteiger partial charge in [-0.2, -0.15) is 0 Å². The second-order valence-corrected chi connectivity index (χ2v) is 8.11. The predicted octanol–water partition coefficient (Wildman–Crippen LogP) is 3.04. The third kappa shape index (κ3) is 2.97. The van der Waals surface area contributed by atoms with Crippen molar-refractivity contribution in [2.45, 2.75) is 18.9 Å². The molecule has 1 aliphatic heterocycles. The van der Waals surface area contributed by atoms with Crippen LogP contribution >= 0.6 is 0 Å². The van der Waals surface area contributed by atoms with E-state index in [9.17, 15) is 14.4 Å². The van der Waals surface area contributed by atoms with Crippen LogP contribution in [0, 0.1) is 23.7 Å². The molecule has 2 aromatic carbocycles. The van der Waals surface area contributed by atoms with Gasteiger partial charge in [0, 0.05) is 12.1 Å². The van der Waals surface area contributed by atoms with Crippen molar-refractivity contribution in [3.05, 3.63) is 78.4 Å². The molecular weight excluding hydrogens is 364 g/mol. The summed E-state index contributed by atoms with van der Waals surface area (Å²) in [5.74, 6) is -1.08. The number of allylic oxidation sites excluding steroid dienone is 2. The number of likely N-dealkylation sites (tertiary alicyclic amines) is 1. The Morgan fingerprint density at radius 2 is 1.45 bits per heavy atom. The fourth-order valence-electron chi connectivity index (χ4n) is 5.12. The molecule has 2 aromatic rings. The number of nitrogens with zero attached hydrogens (tertiary/aromatic N) is 1. The van der Waals surface area contributed by atoms with E-state index in [0.717, 1.165) is 12.0 Å². The highest BCUT2D eigenvalue weighted by Crippen LogP contribution is 2.53. The molecule has 5 nitrogen and oxygen atoms in total. The molecule has 29 heavy (non-hydrogen) atoms. The second kappa shape index (κ2) is 6.99. The Bertz CT molecular complexity index is 956. The van der Waals surface area contributed by atoms with Crippen molar-refractivity contribution in [2.75, 3.05) is 5.32 Å². The van der Waals surface area contributed by atoms with E-state index < -0.39 is 6.04 Å². The fourth-order valence-corrected chi connectivity index (χ4v) is 5.12. The molecule has 5 atom stereocenters. The van der Waals surface area contributed by atoms with E-state index in [4.69, 9.17) is 0 Å². The van der Waals surface area contributed by atoms with Gasteiger partial charge in [0.05, 0.1) is 11.8 Å². The van der Waals surface area contributed by atoms with Crippen LogP contribution in [0.1, 0.15) is 12.0 Å². The van der Waals surface area contributed by atoms with Gasteiger partial charge in [-0.05, 0) is 36.0 Å². The minimum Gasteiger partial charge on any atom is -0.324 e. The maximum Gasteiger partial charge on any atom is 0.248 e. The first-order valence-corrected chi connectivity index (χ1v) is 10.1. The Balaban J connectivity index is 1.46. The molecule has 0 radical (unpaired) electrons. The van der Waals surface area contributed by atoms with Crippen LogP contribution in [-0.4, -0.2) is 28.7 Å². The third-order valence-corrected chi connectivity index (χ3v) is 6.43. The Morgan fingerprint density at radius 1 is 0.897 bits per heavy atom. The monoisotopic (exact) mass is 386 g/mol. The molecule has 0 spiro atoms. The van der Waals surface area contributed by atoms with Gasteiger partial charge in [0.25, 0.3) is 0 Å². The van der Waals surface area contributed by atoms with Crippen molar-refractivity contribution in [1.82, 2.24) is 4.90 Å². The number of fused-ring (bicyclic) bond motifs is 5. The molecule has 1 N–H and O–H groups in total. The van der Waals surface area contributed by atoms with Crippen molar-refractivity contribution in [1.29, 1.82) is 0 Å². The standard InChI is InChI=1S/C24H22N2O3/c27-22(25-18-9-5-2-6-10-18)19(13-15-7-3-1-4-8-15)26-23(28)20-16-11-12-17(14-16)21(20)24(26)29/h1-12,16-17,19-21H,13-14H2,(H,25,27)/t16-,17-,19-,20-,21+/m0/s1. The molecule has 5 heteroatoms. The average Bonchev–Trinajstić information content (AvgIpc) is 3.42. The minimum atomic E-state index is -0.859. The van der Waals surface area contributed by atoms with E-state index in [1.54, 1.807) is 12.1 Å². The molecule has 1 heterocycles. The Labute approximate surface area is 169 Å². The van der Waals surface area contributed by atoms with Gasteiger partial charge >= 0.3 is 0 Å². The van der Waals surface area contributed by atoms with E-state index in [-0.39, 0.29) is 41.4 Å². The van der Waals surface area contributed by atoms with Crippen LogP contribution in [0.3, 0.4) is 0 Å². The maximum atomic E-state index is 13.3. The second-order valence-electron chi connectivity index (χ2n) is 8.11. The van der Waals surface area contributed by atoms with E-state index >= 15 is 0 Å². The van der Waals surface area contributed by atoms with Crippen LogP contribution in [-0.2, 0) is 20.8 Å². The van der Waals surface area contributed by atoms with Gasteiger partial charge in [0.15, 0.2) is 0 Å². The molecule has 0 unspecified atom stereocenters. The van der Waals surface area contributed by atoms with Gasteiger partial charge in [-0.3, -0.25) is 19.3 Å². The van der Waals surface area contributed by atoms with Gasteiger partial charge in [-0.15, -0.1) is 0 Å². The highest BCUT2D eigenvalue weighted by molar-refractivity contribution is 6.10. The lowest BCUT2D eigenvalue weighted by molar-refractivity contribution is -0.147. The average molecular weight is 386 g/mol. The Morgan fingerprint density at radius 3 is 2.03 bits per heavy atom. The van der Waals surface area contributed by atoms with Crippen LogP contribution in [0.2, 0.25) is 0 Å². The van der Waals surface area contributed by atoms with E-state index in [1.807, 2.05) is 48.5 Å². The van der Waals surface area contributed by atoms with Gasteiger partial charge < -0.3 is 5.32 Å². The molecule has 146 valence electrons. The van der Waals surface area contributed by atoms with Gasteiger partial charge in [-0.1, -0.05) is 60.7 Å². The molecule has 5 rings (SSSR count). The number of carbonyl (C=O) groups is 3. The minimum absolute atomic E-state index is 0.126. The number of anilines is 1. The summed E-state index contributed by atoms with van der Waals surface area (Å²) in [6.45, 7) is 0. The van der Waals surface area contributed by atoms with Crippen molar-refractivity contribution >= 4 is 23.4 Å². The maximum absolute atomic E-state index is 13.3. The first kappa shape index (κ1) is 17.9. The van der Waals surface area contributed by atoms with Crippen LogP contribution < -0.4 is 5.32 Å². The number of amides is 3. The number of hydrogen-bond donors (Lipinski definition) is 1. The smallest absolute Gasteiger partial charge is 0.248 e. The van der Waals surface area contributed by atoms with Crippen molar-refractivity contribution in [3.8, 4) is 0 Å². The predicted molar refractivity (Wildman–Crippen MR) is 109 cm³/mol. The number of nitrogens with one attached hydrogen (secondary N) is 1. The topological polar surface area (TPSA) is 66.5 Å². The molecule has 0 aromatic heterocycles. The Hall–Kier alpha value is -3.21. The summed E-state index contributed by atoms with van der Waals surface area (Å²) < 4.78 is 0. The molecule has 2 fully saturated rings. The normalized spacial score (nSPS) is 27.9. The van der Waals surface area contributed by atoms with E-state index in [1.165, 1.54) is 4.90 Å². The number of para-hydroxylation sites is 1. The third-order valence-electron chi connectivity index (χ3n) is 6.43. The summed E-state index contributed by atoms with van der Waals surface area (Å²) in [5, 5.41) is 2.88. The first-order valence-electron chi connectivity index (χ1n) is 10.1. The highest BCUT2D eigenvalue weighted by Gasteiger charge is 2.61. The molecule has 1 saturated carbocycles. The quantitative estimate of drug-likeness (QED) is 0.634. The summed E-state index contributed by atoms with van der Waals surface area (Å²) in [6.07, 6.45) is 5.31. The summed E-state index contributed by atoms with van der Waals surface area (Å²) in [4.78, 5) is 41.0. The van der Waals surface area contributed by atoms with E-state index in [2.05, 4.69) is 17.5 Å². The largest absolute Gasteiger partial charge is 0.324 e. The summed E-state index contributed by atoms with van der Waals surface area (Å²) in [5.41, 5.74) is 1.57. The van der Waals surface area contributed by atoms with Gasteiger partial charge in [0.2, 0.25) is 17.7 Å². The van der Waals surface area contributed by atoms with Crippen LogP contribution in [0.25, 0.3) is 0 Å². The van der Waals surface area contributed by atoms with Gasteiger partial charge in [0.1, 0.15) is 6.04 Å². The molecule has 3 amide bonds. The van der Waals surface area contributed by atoms with Crippen molar-refractivity contribution in [3.63, 3.8) is 0 Å². The SMILES string of the molecule is O=C(Nc1ccccc1)[C@H](Cc1ccccc1)N1C(=O)[C@@H]2[C@H](C1=O)[C@H]1C=C[C@H]2C1. The van der Waals surface area contributed by atoms with Gasteiger partial charge in [-0.25, -0.2) is 0 Å². The summed E-state index contributed by atoms with van der Waals surface area (Å²) >= 11 is 0. The number of imide groups is 1. The molecule has 3 aliphatic rings. The van der Waals surface area contributed by atoms with Crippen LogP contribution in [0.4, 0.5) is 5.69 Å². The lowest BCUT2D eigenvalue weighted by atomic mass is 9.85. The fraction of sp³-hybridized carbons (Fsp3) is 0.292. The van der Waals surface area contributed by atoms with Crippen molar-refractivity contribution in [2.24, 2.45) is 23.7 Å². The first-order chi connectivity index (χ1) is 14.1. The van der Waals surface area contributed by atoms with Crippen LogP contribution in [0.5, 0.6) is 0 Å². The summed E-state index contributed by atoms with van der Waals surface area (Å²) in [7, 11) is 0.